The molecular formula is C15H17F2N3O3. The van der Waals surface area contributed by atoms with E-state index in [1.165, 1.54) is 6.92 Å². The van der Waals surface area contributed by atoms with Gasteiger partial charge in [-0.25, -0.2) is 13.6 Å². The third-order valence-corrected chi connectivity index (χ3v) is 3.62. The number of benzene rings is 1. The first kappa shape index (κ1) is 16.9. The van der Waals surface area contributed by atoms with Crippen LogP contribution in [0.5, 0.6) is 0 Å². The SMILES string of the molecule is CCCNC(=O)CN1C(=O)N[C@](C)(c2cc(F)ccc2F)C1=O. The Balaban J connectivity index is 2.26. The Kier molecular flexibility index (Phi) is 4.63. The first-order valence-corrected chi connectivity index (χ1v) is 7.16. The molecule has 4 amide bonds. The second-order valence-electron chi connectivity index (χ2n) is 5.42. The minimum absolute atomic E-state index is 0.285. The molecule has 1 aliphatic rings. The van der Waals surface area contributed by atoms with E-state index in [9.17, 15) is 23.2 Å². The van der Waals surface area contributed by atoms with Gasteiger partial charge in [0.15, 0.2) is 0 Å². The van der Waals surface area contributed by atoms with Gasteiger partial charge in [0.05, 0.1) is 0 Å². The summed E-state index contributed by atoms with van der Waals surface area (Å²) in [6.07, 6.45) is 0.706. The van der Waals surface area contributed by atoms with Gasteiger partial charge in [0, 0.05) is 12.1 Å². The Morgan fingerprint density at radius 2 is 2.04 bits per heavy atom. The molecule has 1 heterocycles. The van der Waals surface area contributed by atoms with Crippen LogP contribution in [0.3, 0.4) is 0 Å². The van der Waals surface area contributed by atoms with Gasteiger partial charge < -0.3 is 10.6 Å². The Bertz CT molecular complexity index is 665. The molecule has 23 heavy (non-hydrogen) atoms. The fourth-order valence-electron chi connectivity index (χ4n) is 2.37. The van der Waals surface area contributed by atoms with Crippen molar-refractivity contribution in [3.8, 4) is 0 Å². The summed E-state index contributed by atoms with van der Waals surface area (Å²) in [5.41, 5.74) is -2.04. The number of amides is 4. The number of hydrogen-bond acceptors (Lipinski definition) is 3. The summed E-state index contributed by atoms with van der Waals surface area (Å²) in [5, 5.41) is 4.87. The molecule has 0 radical (unpaired) electrons. The van der Waals surface area contributed by atoms with Crippen LogP contribution in [0, 0.1) is 11.6 Å². The van der Waals surface area contributed by atoms with Crippen molar-refractivity contribution in [3.05, 3.63) is 35.4 Å². The Labute approximate surface area is 131 Å². The fourth-order valence-corrected chi connectivity index (χ4v) is 2.37. The van der Waals surface area contributed by atoms with Crippen LogP contribution in [0.15, 0.2) is 18.2 Å². The third kappa shape index (κ3) is 3.15. The lowest BCUT2D eigenvalue weighted by Crippen LogP contribution is -2.43. The summed E-state index contributed by atoms with van der Waals surface area (Å²) in [4.78, 5) is 36.8. The van der Waals surface area contributed by atoms with Crippen molar-refractivity contribution in [2.75, 3.05) is 13.1 Å². The van der Waals surface area contributed by atoms with Crippen molar-refractivity contribution in [1.29, 1.82) is 0 Å². The maximum Gasteiger partial charge on any atom is 0.325 e. The van der Waals surface area contributed by atoms with E-state index in [1.807, 2.05) is 6.92 Å². The number of rotatable bonds is 5. The van der Waals surface area contributed by atoms with Gasteiger partial charge in [-0.1, -0.05) is 6.92 Å². The molecule has 0 spiro atoms. The lowest BCUT2D eigenvalue weighted by molar-refractivity contribution is -0.134. The van der Waals surface area contributed by atoms with Crippen molar-refractivity contribution in [1.82, 2.24) is 15.5 Å². The lowest BCUT2D eigenvalue weighted by atomic mass is 9.91. The molecule has 1 aromatic carbocycles. The van der Waals surface area contributed by atoms with Crippen LogP contribution in [-0.2, 0) is 15.1 Å². The van der Waals surface area contributed by atoms with Gasteiger partial charge in [-0.2, -0.15) is 0 Å². The zero-order valence-corrected chi connectivity index (χ0v) is 12.8. The zero-order valence-electron chi connectivity index (χ0n) is 12.8. The highest BCUT2D eigenvalue weighted by atomic mass is 19.1. The van der Waals surface area contributed by atoms with Gasteiger partial charge in [-0.3, -0.25) is 14.5 Å². The normalized spacial score (nSPS) is 20.6. The number of hydrogen-bond donors (Lipinski definition) is 2. The molecule has 0 saturated carbocycles. The van der Waals surface area contributed by atoms with Gasteiger partial charge in [-0.05, 0) is 31.5 Å². The smallest absolute Gasteiger partial charge is 0.325 e. The van der Waals surface area contributed by atoms with E-state index in [1.54, 1.807) is 0 Å². The van der Waals surface area contributed by atoms with Crippen LogP contribution in [0.1, 0.15) is 25.8 Å². The number of carbonyl (C=O) groups is 3. The molecule has 124 valence electrons. The molecule has 0 bridgehead atoms. The highest BCUT2D eigenvalue weighted by Gasteiger charge is 2.50. The molecule has 1 saturated heterocycles. The molecule has 2 N–H and O–H groups in total. The first-order valence-electron chi connectivity index (χ1n) is 7.16. The number of nitrogens with one attached hydrogen (secondary N) is 2. The van der Waals surface area contributed by atoms with Crippen LogP contribution in [0.2, 0.25) is 0 Å². The number of nitrogens with zero attached hydrogens (tertiary/aromatic N) is 1. The van der Waals surface area contributed by atoms with E-state index >= 15 is 0 Å². The minimum atomic E-state index is -1.76. The molecule has 1 aromatic rings. The third-order valence-electron chi connectivity index (χ3n) is 3.62. The molecule has 8 heteroatoms. The van der Waals surface area contributed by atoms with Gasteiger partial charge in [-0.15, -0.1) is 0 Å². The Hall–Kier alpha value is -2.51. The summed E-state index contributed by atoms with van der Waals surface area (Å²) >= 11 is 0. The van der Waals surface area contributed by atoms with E-state index in [-0.39, 0.29) is 5.56 Å². The van der Waals surface area contributed by atoms with Crippen molar-refractivity contribution in [2.24, 2.45) is 0 Å². The van der Waals surface area contributed by atoms with Crippen LogP contribution < -0.4 is 10.6 Å². The maximum atomic E-state index is 14.0. The molecular weight excluding hydrogens is 308 g/mol. The second kappa shape index (κ2) is 6.31. The largest absolute Gasteiger partial charge is 0.355 e. The van der Waals surface area contributed by atoms with Crippen LogP contribution in [0.25, 0.3) is 0 Å². The molecule has 0 unspecified atom stereocenters. The molecule has 0 aromatic heterocycles. The Morgan fingerprint density at radius 1 is 1.35 bits per heavy atom. The predicted octanol–water partition coefficient (Wildman–Crippen LogP) is 1.26. The summed E-state index contributed by atoms with van der Waals surface area (Å²) in [6.45, 7) is 3.07. The standard InChI is InChI=1S/C15H17F2N3O3/c1-3-6-18-12(21)8-20-13(22)15(2,19-14(20)23)10-7-9(16)4-5-11(10)17/h4-5,7H,3,6,8H2,1-2H3,(H,18,21)(H,19,23)/t15-/m1/s1. The summed E-state index contributed by atoms with van der Waals surface area (Å²) < 4.78 is 27.3. The van der Waals surface area contributed by atoms with Crippen molar-refractivity contribution < 1.29 is 23.2 Å². The van der Waals surface area contributed by atoms with Gasteiger partial charge in [0.1, 0.15) is 23.7 Å². The average Bonchev–Trinajstić information content (AvgIpc) is 2.72. The van der Waals surface area contributed by atoms with E-state index in [4.69, 9.17) is 0 Å². The molecule has 1 fully saturated rings. The van der Waals surface area contributed by atoms with Crippen molar-refractivity contribution in [3.63, 3.8) is 0 Å². The summed E-state index contributed by atoms with van der Waals surface area (Å²) in [7, 11) is 0. The molecule has 0 aliphatic carbocycles. The number of carbonyl (C=O) groups excluding carboxylic acids is 3. The molecule has 1 aliphatic heterocycles. The predicted molar refractivity (Wildman–Crippen MR) is 77.3 cm³/mol. The molecule has 2 rings (SSSR count). The highest BCUT2D eigenvalue weighted by molar-refractivity contribution is 6.09. The van der Waals surface area contributed by atoms with E-state index in [0.29, 0.717) is 17.9 Å². The summed E-state index contributed by atoms with van der Waals surface area (Å²) in [6, 6.07) is 1.83. The molecule has 6 nitrogen and oxygen atoms in total. The zero-order chi connectivity index (χ0) is 17.2. The number of halogens is 2. The van der Waals surface area contributed by atoms with E-state index < -0.39 is 41.6 Å². The summed E-state index contributed by atoms with van der Waals surface area (Å²) in [5.74, 6) is -2.86. The van der Waals surface area contributed by atoms with Crippen molar-refractivity contribution >= 4 is 17.8 Å². The monoisotopic (exact) mass is 325 g/mol. The van der Waals surface area contributed by atoms with Gasteiger partial charge >= 0.3 is 6.03 Å². The van der Waals surface area contributed by atoms with Crippen LogP contribution in [0.4, 0.5) is 13.6 Å². The van der Waals surface area contributed by atoms with Crippen molar-refractivity contribution in [2.45, 2.75) is 25.8 Å². The maximum absolute atomic E-state index is 14.0. The minimum Gasteiger partial charge on any atom is -0.355 e. The van der Waals surface area contributed by atoms with Gasteiger partial charge in [0.2, 0.25) is 5.91 Å². The van der Waals surface area contributed by atoms with Crippen LogP contribution >= 0.6 is 0 Å². The first-order chi connectivity index (χ1) is 10.8. The highest BCUT2D eigenvalue weighted by Crippen LogP contribution is 2.31. The average molecular weight is 325 g/mol. The van der Waals surface area contributed by atoms with Gasteiger partial charge in [0.25, 0.3) is 5.91 Å². The molecule has 1 atom stereocenters. The fraction of sp³-hybridized carbons (Fsp3) is 0.400. The Morgan fingerprint density at radius 3 is 2.70 bits per heavy atom. The second-order valence-corrected chi connectivity index (χ2v) is 5.42. The number of urea groups is 1. The quantitative estimate of drug-likeness (QED) is 0.800. The van der Waals surface area contributed by atoms with E-state index in [2.05, 4.69) is 10.6 Å². The topological polar surface area (TPSA) is 78.5 Å². The number of imide groups is 1. The lowest BCUT2D eigenvalue weighted by Gasteiger charge is -2.22. The van der Waals surface area contributed by atoms with E-state index in [0.717, 1.165) is 18.2 Å². The van der Waals surface area contributed by atoms with Crippen LogP contribution in [-0.4, -0.2) is 35.8 Å².